The van der Waals surface area contributed by atoms with E-state index in [1.807, 2.05) is 146 Å². The summed E-state index contributed by atoms with van der Waals surface area (Å²) in [5.74, 6) is -2.29. The predicted octanol–water partition coefficient (Wildman–Crippen LogP) is 8.66. The lowest BCUT2D eigenvalue weighted by Gasteiger charge is -2.49. The van der Waals surface area contributed by atoms with Crippen LogP contribution in [-0.2, 0) is 39.8 Å². The summed E-state index contributed by atoms with van der Waals surface area (Å²) in [6.07, 6.45) is 0. The van der Waals surface area contributed by atoms with Gasteiger partial charge in [-0.2, -0.15) is 0 Å². The number of rotatable bonds is 19. The number of β-lactam (4-membered cyclic amide) rings is 1. The first-order chi connectivity index (χ1) is 33.3. The van der Waals surface area contributed by atoms with Crippen molar-refractivity contribution in [3.8, 4) is 0 Å². The topological polar surface area (TPSA) is 152 Å². The molecular formula is C54H47N5O7S2. The molecule has 0 spiro atoms. The van der Waals surface area contributed by atoms with Gasteiger partial charge in [-0.25, -0.2) is 9.78 Å². The van der Waals surface area contributed by atoms with Gasteiger partial charge in [-0.1, -0.05) is 187 Å². The van der Waals surface area contributed by atoms with Crippen LogP contribution in [0.5, 0.6) is 0 Å². The minimum Gasteiger partial charge on any atom is -0.477 e. The molecule has 1 unspecified atom stereocenters. The Morgan fingerprint density at radius 2 is 1.19 bits per heavy atom. The standard InChI is InChI=1S/C54H47N5O7S2/c1-64-32-33-65-34-37-35-67-50-46(49(61)59(50)47(37)51(62)63)56-48(60)45(58-66-54(41-26-14-5-15-27-41,42-28-16-6-17-29-42)43-30-18-7-19-31-43)44-36-68-52(55-44)57-53(38-20-8-2-9-21-38,39-22-10-3-11-23-39)40-24-12-4-13-25-40/h2-31,36,46,50H,32-35H2,1H3,(H,55,57)(H,56,60)(H,62,63)/b58-45-/t46?,50-/m1/s1. The Labute approximate surface area is 402 Å². The normalized spacial score (nSPS) is 16.1. The number of methoxy groups -OCH3 is 1. The zero-order chi connectivity index (χ0) is 46.9. The first kappa shape index (κ1) is 45.8. The highest BCUT2D eigenvalue weighted by molar-refractivity contribution is 8.00. The van der Waals surface area contributed by atoms with E-state index < -0.39 is 40.3 Å². The number of benzene rings is 6. The minimum absolute atomic E-state index is 0.0198. The molecule has 0 radical (unpaired) electrons. The van der Waals surface area contributed by atoms with Crippen molar-refractivity contribution < 1.29 is 33.8 Å². The summed E-state index contributed by atoms with van der Waals surface area (Å²) in [6.45, 7) is 0.618. The lowest BCUT2D eigenvalue weighted by Crippen LogP contribution is -2.71. The number of hydrogen-bond donors (Lipinski definition) is 3. The molecule has 6 aromatic carbocycles. The quantitative estimate of drug-likeness (QED) is 0.0236. The highest BCUT2D eigenvalue weighted by atomic mass is 32.2. The second-order valence-corrected chi connectivity index (χ2v) is 17.9. The van der Waals surface area contributed by atoms with Crippen molar-refractivity contribution in [2.24, 2.45) is 5.16 Å². The molecule has 0 bridgehead atoms. The van der Waals surface area contributed by atoms with Crippen LogP contribution in [0.1, 0.15) is 39.1 Å². The summed E-state index contributed by atoms with van der Waals surface area (Å²) < 4.78 is 10.7. The molecule has 1 saturated heterocycles. The van der Waals surface area contributed by atoms with Gasteiger partial charge >= 0.3 is 5.97 Å². The number of anilines is 1. The van der Waals surface area contributed by atoms with Crippen molar-refractivity contribution in [3.63, 3.8) is 0 Å². The number of thioether (sulfide) groups is 1. The highest BCUT2D eigenvalue weighted by Crippen LogP contribution is 2.44. The summed E-state index contributed by atoms with van der Waals surface area (Å²) in [5.41, 5.74) is 3.13. The zero-order valence-corrected chi connectivity index (χ0v) is 38.6. The third-order valence-corrected chi connectivity index (χ3v) is 14.0. The van der Waals surface area contributed by atoms with Gasteiger partial charge in [0.25, 0.3) is 11.8 Å². The maximum atomic E-state index is 15.0. The van der Waals surface area contributed by atoms with Gasteiger partial charge in [-0.3, -0.25) is 14.5 Å². The van der Waals surface area contributed by atoms with E-state index in [9.17, 15) is 14.7 Å². The van der Waals surface area contributed by atoms with Gasteiger partial charge in [-0.05, 0) is 22.3 Å². The van der Waals surface area contributed by atoms with Gasteiger partial charge in [0.2, 0.25) is 5.60 Å². The first-order valence-electron chi connectivity index (χ1n) is 22.0. The van der Waals surface area contributed by atoms with Gasteiger partial charge in [0.1, 0.15) is 28.3 Å². The Kier molecular flexibility index (Phi) is 13.9. The van der Waals surface area contributed by atoms with Crippen LogP contribution < -0.4 is 10.6 Å². The smallest absolute Gasteiger partial charge is 0.352 e. The lowest BCUT2D eigenvalue weighted by atomic mass is 9.77. The molecular weight excluding hydrogens is 895 g/mol. The van der Waals surface area contributed by atoms with Gasteiger partial charge in [0, 0.05) is 34.9 Å². The molecule has 1 fully saturated rings. The number of ether oxygens (including phenoxy) is 2. The predicted molar refractivity (Wildman–Crippen MR) is 264 cm³/mol. The summed E-state index contributed by atoms with van der Waals surface area (Å²) in [5, 5.41) is 23.3. The number of nitrogens with zero attached hydrogens (tertiary/aromatic N) is 3. The number of carboxylic acids is 1. The molecule has 0 saturated carbocycles. The molecule has 2 atom stereocenters. The van der Waals surface area contributed by atoms with E-state index >= 15 is 4.79 Å². The van der Waals surface area contributed by atoms with Crippen LogP contribution >= 0.6 is 23.1 Å². The van der Waals surface area contributed by atoms with E-state index in [1.165, 1.54) is 28.0 Å². The van der Waals surface area contributed by atoms with Gasteiger partial charge < -0.3 is 30.1 Å². The van der Waals surface area contributed by atoms with E-state index in [1.54, 1.807) is 12.5 Å². The van der Waals surface area contributed by atoms with Crippen molar-refractivity contribution in [1.29, 1.82) is 0 Å². The molecule has 3 heterocycles. The Bertz CT molecular complexity index is 2710. The van der Waals surface area contributed by atoms with E-state index in [0.29, 0.717) is 17.3 Å². The summed E-state index contributed by atoms with van der Waals surface area (Å²) in [7, 11) is 1.55. The number of hydrogen-bond acceptors (Lipinski definition) is 11. The maximum absolute atomic E-state index is 15.0. The number of carbonyl (C=O) groups excluding carboxylic acids is 2. The Balaban J connectivity index is 1.14. The van der Waals surface area contributed by atoms with Crippen molar-refractivity contribution in [2.45, 2.75) is 22.6 Å². The molecule has 2 amide bonds. The number of nitrogens with one attached hydrogen (secondary N) is 2. The molecule has 14 heteroatoms. The second-order valence-electron chi connectivity index (χ2n) is 16.0. The Morgan fingerprint density at radius 3 is 1.65 bits per heavy atom. The van der Waals surface area contributed by atoms with Gasteiger partial charge in [-0.15, -0.1) is 23.1 Å². The fraction of sp³-hybridized carbons (Fsp3) is 0.167. The molecule has 2 aliphatic rings. The van der Waals surface area contributed by atoms with Crippen molar-refractivity contribution >= 4 is 51.7 Å². The Morgan fingerprint density at radius 1 is 0.721 bits per heavy atom. The van der Waals surface area contributed by atoms with Crippen LogP contribution in [0.15, 0.2) is 204 Å². The van der Waals surface area contributed by atoms with Gasteiger partial charge in [0.05, 0.1) is 19.8 Å². The van der Waals surface area contributed by atoms with Crippen LogP contribution in [0.25, 0.3) is 0 Å². The largest absolute Gasteiger partial charge is 0.477 e. The summed E-state index contributed by atoms with van der Waals surface area (Å²) in [4.78, 5) is 54.9. The van der Waals surface area contributed by atoms with Crippen LogP contribution in [0.3, 0.4) is 0 Å². The fourth-order valence-corrected chi connectivity index (χ4v) is 10.8. The second kappa shape index (κ2) is 20.7. The van der Waals surface area contributed by atoms with Crippen LogP contribution in [0.4, 0.5) is 5.13 Å². The first-order valence-corrected chi connectivity index (χ1v) is 23.9. The van der Waals surface area contributed by atoms with Crippen LogP contribution in [0, 0.1) is 0 Å². The van der Waals surface area contributed by atoms with E-state index in [2.05, 4.69) is 47.0 Å². The number of amides is 2. The number of oxime groups is 1. The van der Waals surface area contributed by atoms with Crippen molar-refractivity contribution in [3.05, 3.63) is 238 Å². The van der Waals surface area contributed by atoms with Crippen LogP contribution in [-0.4, -0.2) is 82.6 Å². The highest BCUT2D eigenvalue weighted by Gasteiger charge is 2.54. The third-order valence-electron chi connectivity index (χ3n) is 11.9. The zero-order valence-electron chi connectivity index (χ0n) is 36.9. The van der Waals surface area contributed by atoms with Crippen molar-refractivity contribution in [2.75, 3.05) is 38.0 Å². The molecule has 2 aliphatic heterocycles. The summed E-state index contributed by atoms with van der Waals surface area (Å²) in [6, 6.07) is 58.2. The average Bonchev–Trinajstić information content (AvgIpc) is 3.86. The monoisotopic (exact) mass is 941 g/mol. The number of carbonyl (C=O) groups is 3. The number of aliphatic carboxylic acids is 1. The van der Waals surface area contributed by atoms with Crippen molar-refractivity contribution in [1.82, 2.24) is 15.2 Å². The molecule has 7 aromatic rings. The number of fused-ring (bicyclic) bond motifs is 1. The number of aromatic nitrogens is 1. The SMILES string of the molecule is COCCOCC1=C(C(=O)O)N2C(=O)C(NC(=O)/C(=N\OC(c3ccccc3)(c3ccccc3)c3ccccc3)c3csc(NC(c4ccccc4)(c4ccccc4)c4ccccc4)n3)[C@H]2SC1. The third kappa shape index (κ3) is 8.94. The number of carboxylic acid groups (broad SMARTS) is 1. The molecule has 68 heavy (non-hydrogen) atoms. The molecule has 0 aliphatic carbocycles. The van der Waals surface area contributed by atoms with E-state index in [-0.39, 0.29) is 36.1 Å². The van der Waals surface area contributed by atoms with Crippen LogP contribution in [0.2, 0.25) is 0 Å². The summed E-state index contributed by atoms with van der Waals surface area (Å²) >= 11 is 2.63. The molecule has 9 rings (SSSR count). The maximum Gasteiger partial charge on any atom is 0.352 e. The number of thiazole rings is 1. The molecule has 12 nitrogen and oxygen atoms in total. The van der Waals surface area contributed by atoms with E-state index in [0.717, 1.165) is 33.4 Å². The van der Waals surface area contributed by atoms with Gasteiger partial charge in [0.15, 0.2) is 10.8 Å². The molecule has 342 valence electrons. The lowest BCUT2D eigenvalue weighted by molar-refractivity contribution is -0.150. The molecule has 3 N–H and O–H groups in total. The minimum atomic E-state index is -1.36. The Hall–Kier alpha value is -7.36. The van der Waals surface area contributed by atoms with E-state index in [4.69, 9.17) is 24.5 Å². The average molecular weight is 942 g/mol. The fourth-order valence-electron chi connectivity index (χ4n) is 8.72. The molecule has 1 aromatic heterocycles.